The van der Waals surface area contributed by atoms with Gasteiger partial charge in [0.05, 0.1) is 5.69 Å². The molecule has 6 heteroatoms. The first-order valence-corrected chi connectivity index (χ1v) is 4.61. The summed E-state index contributed by atoms with van der Waals surface area (Å²) in [7, 11) is 0. The van der Waals surface area contributed by atoms with Crippen molar-refractivity contribution in [2.45, 2.75) is 32.9 Å². The predicted molar refractivity (Wildman–Crippen MR) is 49.7 cm³/mol. The van der Waals surface area contributed by atoms with Crippen molar-refractivity contribution in [3.63, 3.8) is 0 Å². The van der Waals surface area contributed by atoms with Gasteiger partial charge in [0.15, 0.2) is 0 Å². The Labute approximate surface area is 86.3 Å². The molecule has 0 radical (unpaired) electrons. The van der Waals surface area contributed by atoms with Gasteiger partial charge in [-0.2, -0.15) is 0 Å². The van der Waals surface area contributed by atoms with Crippen molar-refractivity contribution < 1.29 is 18.4 Å². The molecule has 0 spiro atoms. The second-order valence-electron chi connectivity index (χ2n) is 3.34. The second kappa shape index (κ2) is 5.18. The van der Waals surface area contributed by atoms with Crippen LogP contribution in [0, 0.1) is 13.8 Å². The van der Waals surface area contributed by atoms with E-state index in [4.69, 9.17) is 9.63 Å². The molecular formula is C9H14F2N2O2. The summed E-state index contributed by atoms with van der Waals surface area (Å²) >= 11 is 0. The first-order valence-electron chi connectivity index (χ1n) is 4.61. The Morgan fingerprint density at radius 2 is 2.13 bits per heavy atom. The van der Waals surface area contributed by atoms with Crippen LogP contribution in [0.2, 0.25) is 0 Å². The highest BCUT2D eigenvalue weighted by Gasteiger charge is 2.16. The lowest BCUT2D eigenvalue weighted by Gasteiger charge is -2.10. The summed E-state index contributed by atoms with van der Waals surface area (Å²) in [6, 6.07) is 0. The molecule has 1 heterocycles. The fraction of sp³-hybridized carbons (Fsp3) is 0.667. The SMILES string of the molecule is Cc1noc(C)c1CNCC(O)C(F)F. The summed E-state index contributed by atoms with van der Waals surface area (Å²) < 4.78 is 28.8. The first kappa shape index (κ1) is 12.1. The summed E-state index contributed by atoms with van der Waals surface area (Å²) in [6.07, 6.45) is -4.35. The van der Waals surface area contributed by atoms with Crippen LogP contribution in [0.3, 0.4) is 0 Å². The average molecular weight is 220 g/mol. The number of alkyl halides is 2. The lowest BCUT2D eigenvalue weighted by Crippen LogP contribution is -2.31. The minimum Gasteiger partial charge on any atom is -0.386 e. The van der Waals surface area contributed by atoms with E-state index < -0.39 is 12.5 Å². The minimum atomic E-state index is -2.72. The van der Waals surface area contributed by atoms with Gasteiger partial charge < -0.3 is 14.9 Å². The second-order valence-corrected chi connectivity index (χ2v) is 3.34. The number of nitrogens with one attached hydrogen (secondary N) is 1. The van der Waals surface area contributed by atoms with Crippen molar-refractivity contribution in [1.82, 2.24) is 10.5 Å². The molecule has 0 aliphatic carbocycles. The van der Waals surface area contributed by atoms with Crippen LogP contribution in [0.15, 0.2) is 4.52 Å². The van der Waals surface area contributed by atoms with Crippen molar-refractivity contribution in [3.8, 4) is 0 Å². The molecule has 0 amide bonds. The minimum absolute atomic E-state index is 0.151. The standard InChI is InChI=1S/C9H14F2N2O2/c1-5-7(6(2)15-13-5)3-12-4-8(14)9(10)11/h8-9,12,14H,3-4H2,1-2H3. The molecule has 0 saturated carbocycles. The number of hydrogen-bond donors (Lipinski definition) is 2. The van der Waals surface area contributed by atoms with E-state index in [9.17, 15) is 8.78 Å². The highest BCUT2D eigenvalue weighted by molar-refractivity contribution is 5.20. The maximum absolute atomic E-state index is 11.9. The van der Waals surface area contributed by atoms with Gasteiger partial charge in [-0.15, -0.1) is 0 Å². The van der Waals surface area contributed by atoms with Crippen molar-refractivity contribution in [3.05, 3.63) is 17.0 Å². The average Bonchev–Trinajstić information content (AvgIpc) is 2.48. The Bertz CT molecular complexity index is 296. The summed E-state index contributed by atoms with van der Waals surface area (Å²) in [5.41, 5.74) is 1.57. The molecule has 86 valence electrons. The molecule has 4 nitrogen and oxygen atoms in total. The molecule has 0 saturated heterocycles. The van der Waals surface area contributed by atoms with Crippen molar-refractivity contribution in [1.29, 1.82) is 0 Å². The van der Waals surface area contributed by atoms with Gasteiger partial charge in [0.25, 0.3) is 6.43 Å². The van der Waals surface area contributed by atoms with Crippen LogP contribution in [0.4, 0.5) is 8.78 Å². The Kier molecular flexibility index (Phi) is 4.16. The smallest absolute Gasteiger partial charge is 0.265 e. The van der Waals surface area contributed by atoms with E-state index in [1.165, 1.54) is 0 Å². The molecule has 1 atom stereocenters. The maximum Gasteiger partial charge on any atom is 0.265 e. The van der Waals surface area contributed by atoms with Crippen molar-refractivity contribution >= 4 is 0 Å². The summed E-state index contributed by atoms with van der Waals surface area (Å²) in [5, 5.41) is 15.3. The van der Waals surface area contributed by atoms with Crippen LogP contribution in [0.25, 0.3) is 0 Å². The third-order valence-corrected chi connectivity index (χ3v) is 2.13. The summed E-state index contributed by atoms with van der Waals surface area (Å²) in [6.45, 7) is 3.74. The molecule has 2 N–H and O–H groups in total. The van der Waals surface area contributed by atoms with Gasteiger partial charge in [-0.1, -0.05) is 5.16 Å². The maximum atomic E-state index is 11.9. The molecule has 1 unspecified atom stereocenters. The van der Waals surface area contributed by atoms with E-state index in [0.717, 1.165) is 11.3 Å². The van der Waals surface area contributed by atoms with Gasteiger partial charge in [-0.3, -0.25) is 0 Å². The van der Waals surface area contributed by atoms with Gasteiger partial charge in [0, 0.05) is 18.7 Å². The topological polar surface area (TPSA) is 58.3 Å². The zero-order valence-corrected chi connectivity index (χ0v) is 8.63. The van der Waals surface area contributed by atoms with Crippen molar-refractivity contribution in [2.75, 3.05) is 6.54 Å². The molecule has 1 aromatic rings. The van der Waals surface area contributed by atoms with E-state index in [-0.39, 0.29) is 6.54 Å². The van der Waals surface area contributed by atoms with Gasteiger partial charge in [0.1, 0.15) is 11.9 Å². The van der Waals surface area contributed by atoms with Gasteiger partial charge in [0.2, 0.25) is 0 Å². The fourth-order valence-electron chi connectivity index (χ4n) is 1.19. The molecule has 0 aliphatic rings. The highest BCUT2D eigenvalue weighted by Crippen LogP contribution is 2.11. The van der Waals surface area contributed by atoms with E-state index >= 15 is 0 Å². The van der Waals surface area contributed by atoms with Crippen LogP contribution in [0.1, 0.15) is 17.0 Å². The fourth-order valence-corrected chi connectivity index (χ4v) is 1.19. The van der Waals surface area contributed by atoms with Gasteiger partial charge >= 0.3 is 0 Å². The molecule has 0 aromatic carbocycles. The van der Waals surface area contributed by atoms with Crippen LogP contribution in [-0.2, 0) is 6.54 Å². The molecule has 1 aromatic heterocycles. The zero-order chi connectivity index (χ0) is 11.4. The van der Waals surface area contributed by atoms with Gasteiger partial charge in [-0.25, -0.2) is 8.78 Å². The van der Waals surface area contributed by atoms with Crippen LogP contribution >= 0.6 is 0 Å². The van der Waals surface area contributed by atoms with Gasteiger partial charge in [-0.05, 0) is 13.8 Å². The largest absolute Gasteiger partial charge is 0.386 e. The van der Waals surface area contributed by atoms with Crippen LogP contribution in [0.5, 0.6) is 0 Å². The number of aromatic nitrogens is 1. The molecule has 15 heavy (non-hydrogen) atoms. The van der Waals surface area contributed by atoms with E-state index in [2.05, 4.69) is 10.5 Å². The first-order chi connectivity index (χ1) is 7.02. The van der Waals surface area contributed by atoms with E-state index in [0.29, 0.717) is 12.3 Å². The predicted octanol–water partition coefficient (Wildman–Crippen LogP) is 1.01. The molecule has 1 rings (SSSR count). The third kappa shape index (κ3) is 3.24. The van der Waals surface area contributed by atoms with Crippen molar-refractivity contribution in [2.24, 2.45) is 0 Å². The number of hydrogen-bond acceptors (Lipinski definition) is 4. The molecule has 0 fully saturated rings. The lowest BCUT2D eigenvalue weighted by atomic mass is 10.2. The Morgan fingerprint density at radius 1 is 1.47 bits per heavy atom. The van der Waals surface area contributed by atoms with Crippen LogP contribution < -0.4 is 5.32 Å². The summed E-state index contributed by atoms with van der Waals surface area (Å²) in [5.74, 6) is 0.659. The number of aryl methyl sites for hydroxylation is 2. The third-order valence-electron chi connectivity index (χ3n) is 2.13. The number of aliphatic hydroxyl groups excluding tert-OH is 1. The number of nitrogens with zero attached hydrogens (tertiary/aromatic N) is 1. The lowest BCUT2D eigenvalue weighted by molar-refractivity contribution is -0.00342. The molecular weight excluding hydrogens is 206 g/mol. The Morgan fingerprint density at radius 3 is 2.60 bits per heavy atom. The van der Waals surface area contributed by atoms with Crippen LogP contribution in [-0.4, -0.2) is 29.3 Å². The van der Waals surface area contributed by atoms with E-state index in [1.807, 2.05) is 0 Å². The number of halogens is 2. The Hall–Kier alpha value is -1.01. The number of aliphatic hydroxyl groups is 1. The Balaban J connectivity index is 2.38. The normalized spacial score (nSPS) is 13.5. The number of rotatable bonds is 5. The monoisotopic (exact) mass is 220 g/mol. The quantitative estimate of drug-likeness (QED) is 0.777. The summed E-state index contributed by atoms with van der Waals surface area (Å²) in [4.78, 5) is 0. The van der Waals surface area contributed by atoms with E-state index in [1.54, 1.807) is 13.8 Å². The molecule has 0 aliphatic heterocycles. The molecule has 0 bridgehead atoms. The highest BCUT2D eigenvalue weighted by atomic mass is 19.3. The zero-order valence-electron chi connectivity index (χ0n) is 8.63.